The molecule has 0 aliphatic carbocycles. The van der Waals surface area contributed by atoms with E-state index in [-0.39, 0.29) is 22.2 Å². The molecule has 5 N–H and O–H groups in total. The normalized spacial score (nSPS) is 12.2. The van der Waals surface area contributed by atoms with Crippen LogP contribution in [0.1, 0.15) is 63.7 Å². The van der Waals surface area contributed by atoms with Gasteiger partial charge in [-0.3, -0.25) is 24.3 Å². The number of pyridine rings is 1. The molecule has 2 heterocycles. The first-order chi connectivity index (χ1) is 17.9. The summed E-state index contributed by atoms with van der Waals surface area (Å²) in [6, 6.07) is 13.6. The quantitative estimate of drug-likeness (QED) is 0.339. The number of nitrogens with two attached hydrogens (primary N) is 2. The van der Waals surface area contributed by atoms with Crippen LogP contribution in [0.15, 0.2) is 54.7 Å². The van der Waals surface area contributed by atoms with E-state index in [0.29, 0.717) is 11.3 Å². The summed E-state index contributed by atoms with van der Waals surface area (Å²) in [5.41, 5.74) is 14.5. The second-order valence-electron chi connectivity index (χ2n) is 10.2. The van der Waals surface area contributed by atoms with E-state index in [1.54, 1.807) is 18.3 Å². The minimum Gasteiger partial charge on any atom is -0.395 e. The number of carbonyl (C=O) groups is 3. The molecule has 4 aromatic rings. The number of nitrogens with zero attached hydrogens (tertiary/aromatic N) is 3. The highest BCUT2D eigenvalue weighted by Gasteiger charge is 2.37. The zero-order valence-electron chi connectivity index (χ0n) is 21.9. The Hall–Kier alpha value is -4.31. The predicted octanol–water partition coefficient (Wildman–Crippen LogP) is 4.29. The molecule has 4 rings (SSSR count). The molecule has 0 saturated carbocycles. The summed E-state index contributed by atoms with van der Waals surface area (Å²) in [7, 11) is 0. The van der Waals surface area contributed by atoms with Gasteiger partial charge in [0.2, 0.25) is 5.91 Å². The number of nitrogens with one attached hydrogen (secondary N) is 1. The summed E-state index contributed by atoms with van der Waals surface area (Å²) < 4.78 is 4.01. The van der Waals surface area contributed by atoms with Crippen LogP contribution < -0.4 is 21.7 Å². The number of aromatic nitrogens is 2. The van der Waals surface area contributed by atoms with E-state index in [4.69, 9.17) is 11.5 Å². The zero-order valence-corrected chi connectivity index (χ0v) is 22.7. The third kappa shape index (κ3) is 5.35. The Labute approximate surface area is 225 Å². The van der Waals surface area contributed by atoms with Crippen molar-refractivity contribution in [3.8, 4) is 0 Å². The van der Waals surface area contributed by atoms with Crippen molar-refractivity contribution in [1.82, 2.24) is 14.7 Å². The van der Waals surface area contributed by atoms with Crippen LogP contribution in [0.2, 0.25) is 0 Å². The van der Waals surface area contributed by atoms with Crippen LogP contribution in [0, 0.1) is 13.8 Å². The SMILES string of the molecule is Cc1ccc(N(C(=O)c2snc(C(N)=O)c2N)[C@@H](C(=O)NC(C)(C)C)c2ccc3ncccc3c2)cc1C. The lowest BCUT2D eigenvalue weighted by atomic mass is 9.98. The number of carbonyl (C=O) groups excluding carboxylic acids is 3. The summed E-state index contributed by atoms with van der Waals surface area (Å²) in [6.07, 6.45) is 1.69. The van der Waals surface area contributed by atoms with Gasteiger partial charge in [-0.25, -0.2) is 0 Å². The molecule has 2 aromatic carbocycles. The molecule has 0 aliphatic heterocycles. The molecule has 0 radical (unpaired) electrons. The topological polar surface area (TPSA) is 144 Å². The highest BCUT2D eigenvalue weighted by atomic mass is 32.1. The zero-order chi connectivity index (χ0) is 27.8. The second-order valence-corrected chi connectivity index (χ2v) is 11.0. The van der Waals surface area contributed by atoms with Gasteiger partial charge in [0.1, 0.15) is 10.9 Å². The molecule has 38 heavy (non-hydrogen) atoms. The van der Waals surface area contributed by atoms with Crippen molar-refractivity contribution in [3.63, 3.8) is 0 Å². The number of primary amides is 1. The van der Waals surface area contributed by atoms with Crippen LogP contribution >= 0.6 is 11.5 Å². The summed E-state index contributed by atoms with van der Waals surface area (Å²) in [6.45, 7) is 9.50. The van der Waals surface area contributed by atoms with Gasteiger partial charge in [0.05, 0.1) is 11.2 Å². The van der Waals surface area contributed by atoms with Crippen molar-refractivity contribution in [2.45, 2.75) is 46.2 Å². The second kappa shape index (κ2) is 10.2. The summed E-state index contributed by atoms with van der Waals surface area (Å²) >= 11 is 0.774. The van der Waals surface area contributed by atoms with Gasteiger partial charge < -0.3 is 16.8 Å². The summed E-state index contributed by atoms with van der Waals surface area (Å²) in [5, 5.41) is 3.84. The average molecular weight is 531 g/mol. The van der Waals surface area contributed by atoms with Gasteiger partial charge in [-0.1, -0.05) is 18.2 Å². The van der Waals surface area contributed by atoms with E-state index in [1.807, 2.05) is 71.0 Å². The number of rotatable bonds is 6. The fourth-order valence-corrected chi connectivity index (χ4v) is 4.86. The Morgan fingerprint density at radius 2 is 1.76 bits per heavy atom. The first-order valence-electron chi connectivity index (χ1n) is 12.0. The van der Waals surface area contributed by atoms with Crippen LogP contribution in [0.3, 0.4) is 0 Å². The fraction of sp³-hybridized carbons (Fsp3) is 0.250. The van der Waals surface area contributed by atoms with Gasteiger partial charge >= 0.3 is 0 Å². The Morgan fingerprint density at radius 1 is 1.03 bits per heavy atom. The molecule has 9 nitrogen and oxygen atoms in total. The smallest absolute Gasteiger partial charge is 0.273 e. The Morgan fingerprint density at radius 3 is 2.39 bits per heavy atom. The molecule has 0 aliphatic rings. The molecule has 0 bridgehead atoms. The number of anilines is 2. The molecule has 0 unspecified atom stereocenters. The predicted molar refractivity (Wildman–Crippen MR) is 150 cm³/mol. The largest absolute Gasteiger partial charge is 0.395 e. The lowest BCUT2D eigenvalue weighted by Crippen LogP contribution is -2.49. The highest BCUT2D eigenvalue weighted by molar-refractivity contribution is 7.09. The van der Waals surface area contributed by atoms with Crippen LogP contribution in [0.25, 0.3) is 10.9 Å². The van der Waals surface area contributed by atoms with Crippen molar-refractivity contribution in [3.05, 3.63) is 82.0 Å². The molecule has 10 heteroatoms. The van der Waals surface area contributed by atoms with E-state index in [9.17, 15) is 14.4 Å². The van der Waals surface area contributed by atoms with Gasteiger partial charge in [-0.2, -0.15) is 4.37 Å². The minimum absolute atomic E-state index is 0.0213. The average Bonchev–Trinajstić information content (AvgIpc) is 3.24. The van der Waals surface area contributed by atoms with Crippen LogP contribution in [-0.2, 0) is 4.79 Å². The van der Waals surface area contributed by atoms with E-state index in [0.717, 1.165) is 33.6 Å². The van der Waals surface area contributed by atoms with E-state index >= 15 is 0 Å². The number of hydrogen-bond acceptors (Lipinski definition) is 7. The number of benzene rings is 2. The first-order valence-corrected chi connectivity index (χ1v) is 12.8. The maximum absolute atomic E-state index is 14.2. The van der Waals surface area contributed by atoms with Crippen molar-refractivity contribution in [2.24, 2.45) is 5.73 Å². The standard InChI is InChI=1S/C28H30N6O3S/c1-15-8-10-19(13-16(15)2)34(27(37)24-21(29)22(25(30)35)33-38-24)23(26(36)32-28(3,4)5)18-9-11-20-17(14-18)7-6-12-31-20/h6-14,23H,29H2,1-5H3,(H2,30,35)(H,32,36)/t23-/m1/s1. The maximum atomic E-state index is 14.2. The number of nitrogen functional groups attached to an aromatic ring is 1. The van der Waals surface area contributed by atoms with Crippen LogP contribution in [0.5, 0.6) is 0 Å². The van der Waals surface area contributed by atoms with Crippen molar-refractivity contribution in [1.29, 1.82) is 0 Å². The van der Waals surface area contributed by atoms with Crippen LogP contribution in [0.4, 0.5) is 11.4 Å². The number of amides is 3. The molecule has 0 spiro atoms. The molecule has 0 saturated heterocycles. The molecule has 1 atom stereocenters. The summed E-state index contributed by atoms with van der Waals surface area (Å²) in [5.74, 6) is -1.79. The van der Waals surface area contributed by atoms with Gasteiger partial charge in [0.15, 0.2) is 5.69 Å². The van der Waals surface area contributed by atoms with Gasteiger partial charge in [0.25, 0.3) is 11.8 Å². The number of hydrogen-bond donors (Lipinski definition) is 3. The van der Waals surface area contributed by atoms with Crippen LogP contribution in [-0.4, -0.2) is 32.6 Å². The van der Waals surface area contributed by atoms with Crippen molar-refractivity contribution >= 4 is 51.5 Å². The maximum Gasteiger partial charge on any atom is 0.273 e. The Kier molecular flexibility index (Phi) is 7.19. The molecule has 3 amide bonds. The molecule has 196 valence electrons. The summed E-state index contributed by atoms with van der Waals surface area (Å²) in [4.78, 5) is 45.8. The third-order valence-corrected chi connectivity index (χ3v) is 6.94. The minimum atomic E-state index is -1.08. The lowest BCUT2D eigenvalue weighted by molar-refractivity contribution is -0.123. The number of fused-ring (bicyclic) bond motifs is 1. The van der Waals surface area contributed by atoms with Gasteiger partial charge in [-0.05, 0) is 93.2 Å². The first kappa shape index (κ1) is 26.7. The van der Waals surface area contributed by atoms with Crippen molar-refractivity contribution in [2.75, 3.05) is 10.6 Å². The Balaban J connectivity index is 1.97. The lowest BCUT2D eigenvalue weighted by Gasteiger charge is -2.34. The molecule has 2 aromatic heterocycles. The van der Waals surface area contributed by atoms with E-state index < -0.39 is 23.4 Å². The third-order valence-electron chi connectivity index (χ3n) is 6.09. The molecular formula is C28H30N6O3S. The molecular weight excluding hydrogens is 500 g/mol. The van der Waals surface area contributed by atoms with Gasteiger partial charge in [-0.15, -0.1) is 0 Å². The van der Waals surface area contributed by atoms with Gasteiger partial charge in [0, 0.05) is 22.8 Å². The fourth-order valence-electron chi connectivity index (χ4n) is 4.12. The Bertz CT molecular complexity index is 1560. The monoisotopic (exact) mass is 530 g/mol. The number of aryl methyl sites for hydroxylation is 2. The highest BCUT2D eigenvalue weighted by Crippen LogP contribution is 2.35. The van der Waals surface area contributed by atoms with Crippen molar-refractivity contribution < 1.29 is 14.4 Å². The van der Waals surface area contributed by atoms with E-state index in [2.05, 4.69) is 14.7 Å². The van der Waals surface area contributed by atoms with E-state index in [1.165, 1.54) is 4.90 Å². The molecule has 0 fully saturated rings.